The van der Waals surface area contributed by atoms with Crippen molar-refractivity contribution in [2.24, 2.45) is 10.9 Å². The van der Waals surface area contributed by atoms with Gasteiger partial charge in [0.25, 0.3) is 0 Å². The van der Waals surface area contributed by atoms with Crippen molar-refractivity contribution in [2.45, 2.75) is 19.4 Å². The molecule has 0 bridgehead atoms. The van der Waals surface area contributed by atoms with Gasteiger partial charge in [-0.3, -0.25) is 4.79 Å². The molecular weight excluding hydrogens is 304 g/mol. The molecule has 1 aromatic rings. The van der Waals surface area contributed by atoms with Gasteiger partial charge in [-0.2, -0.15) is 0 Å². The Kier molecular flexibility index (Phi) is 6.53. The van der Waals surface area contributed by atoms with E-state index in [9.17, 15) is 14.4 Å². The summed E-state index contributed by atoms with van der Waals surface area (Å²) in [5.41, 5.74) is 6.57. The molecule has 23 heavy (non-hydrogen) atoms. The topological polar surface area (TPSA) is 143 Å². The van der Waals surface area contributed by atoms with E-state index in [1.54, 1.807) is 31.2 Å². The minimum absolute atomic E-state index is 0.370. The van der Waals surface area contributed by atoms with Crippen LogP contribution in [0.1, 0.15) is 18.9 Å². The molecule has 9 heteroatoms. The van der Waals surface area contributed by atoms with E-state index in [2.05, 4.69) is 20.5 Å². The summed E-state index contributed by atoms with van der Waals surface area (Å²) in [5.74, 6) is -1.52. The summed E-state index contributed by atoms with van der Waals surface area (Å²) >= 11 is 0. The maximum absolute atomic E-state index is 11.9. The van der Waals surface area contributed by atoms with Gasteiger partial charge in [0.15, 0.2) is 0 Å². The first kappa shape index (κ1) is 18.0. The number of ether oxygens (including phenoxy) is 1. The summed E-state index contributed by atoms with van der Waals surface area (Å²) in [7, 11) is 1.14. The van der Waals surface area contributed by atoms with Crippen LogP contribution in [0.3, 0.4) is 0 Å². The number of methoxy groups -OCH3 is 1. The van der Waals surface area contributed by atoms with Gasteiger partial charge in [-0.15, -0.1) is 0 Å². The zero-order valence-corrected chi connectivity index (χ0v) is 12.7. The molecule has 3 amide bonds. The summed E-state index contributed by atoms with van der Waals surface area (Å²) in [6.07, 6.45) is -0.370. The number of carbonyl (C=O) groups is 3. The number of amides is 3. The lowest BCUT2D eigenvalue weighted by atomic mass is 10.1. The number of oxime groups is 1. The smallest absolute Gasteiger partial charge is 0.328 e. The monoisotopic (exact) mass is 322 g/mol. The number of benzene rings is 1. The molecule has 0 aromatic heterocycles. The first-order valence-electron chi connectivity index (χ1n) is 6.60. The first-order chi connectivity index (χ1) is 10.9. The third-order valence-electron chi connectivity index (χ3n) is 2.91. The number of nitrogens with one attached hydrogen (secondary N) is 2. The van der Waals surface area contributed by atoms with Crippen molar-refractivity contribution < 1.29 is 24.3 Å². The van der Waals surface area contributed by atoms with E-state index in [1.165, 1.54) is 0 Å². The minimum Gasteiger partial charge on any atom is -0.467 e. The molecule has 0 saturated carbocycles. The lowest BCUT2D eigenvalue weighted by Crippen LogP contribution is -2.45. The molecule has 0 fully saturated rings. The second kappa shape index (κ2) is 8.37. The standard InChI is InChI=1S/C14H18N4O5/c1-8(18-22)9-3-5-10(6-4-9)16-14(21)17-11(7-12(15)19)13(20)23-2/h3-6,11,22H,7H2,1-2H3,(H2,15,19)(H2,16,17,21)/b18-8+. The average Bonchev–Trinajstić information content (AvgIpc) is 2.52. The number of esters is 1. The fraction of sp³-hybridized carbons (Fsp3) is 0.286. The van der Waals surface area contributed by atoms with E-state index in [0.717, 1.165) is 7.11 Å². The van der Waals surface area contributed by atoms with Gasteiger partial charge in [-0.05, 0) is 24.6 Å². The number of urea groups is 1. The van der Waals surface area contributed by atoms with Crippen molar-refractivity contribution in [1.29, 1.82) is 0 Å². The number of hydrogen-bond acceptors (Lipinski definition) is 6. The van der Waals surface area contributed by atoms with Gasteiger partial charge in [0.2, 0.25) is 5.91 Å². The predicted octanol–water partition coefficient (Wildman–Crippen LogP) is 0.423. The molecule has 1 atom stereocenters. The largest absolute Gasteiger partial charge is 0.467 e. The fourth-order valence-corrected chi connectivity index (χ4v) is 1.71. The van der Waals surface area contributed by atoms with Gasteiger partial charge in [-0.1, -0.05) is 17.3 Å². The van der Waals surface area contributed by atoms with E-state index < -0.39 is 23.9 Å². The molecule has 0 aliphatic heterocycles. The van der Waals surface area contributed by atoms with Gasteiger partial charge in [0.05, 0.1) is 19.2 Å². The molecule has 1 unspecified atom stereocenters. The van der Waals surface area contributed by atoms with Gasteiger partial charge in [-0.25, -0.2) is 9.59 Å². The number of hydrogen-bond donors (Lipinski definition) is 4. The Bertz CT molecular complexity index is 612. The van der Waals surface area contributed by atoms with Gasteiger partial charge >= 0.3 is 12.0 Å². The SMILES string of the molecule is COC(=O)C(CC(N)=O)NC(=O)Nc1ccc(/C(C)=N/O)cc1. The molecule has 9 nitrogen and oxygen atoms in total. The summed E-state index contributed by atoms with van der Waals surface area (Å²) < 4.78 is 4.49. The number of nitrogens with two attached hydrogens (primary N) is 1. The van der Waals surface area contributed by atoms with Crippen molar-refractivity contribution in [3.05, 3.63) is 29.8 Å². The van der Waals surface area contributed by atoms with Gasteiger partial charge in [0.1, 0.15) is 6.04 Å². The van der Waals surface area contributed by atoms with Crippen molar-refractivity contribution in [3.8, 4) is 0 Å². The Morgan fingerprint density at radius 3 is 2.39 bits per heavy atom. The molecule has 5 N–H and O–H groups in total. The normalized spacial score (nSPS) is 12.2. The highest BCUT2D eigenvalue weighted by Gasteiger charge is 2.23. The number of rotatable bonds is 6. The molecule has 0 radical (unpaired) electrons. The number of anilines is 1. The van der Waals surface area contributed by atoms with Crippen LogP contribution in [0.25, 0.3) is 0 Å². The van der Waals surface area contributed by atoms with E-state index in [0.29, 0.717) is 17.0 Å². The molecule has 0 saturated heterocycles. The second-order valence-electron chi connectivity index (χ2n) is 4.61. The van der Waals surface area contributed by atoms with Crippen molar-refractivity contribution in [3.63, 3.8) is 0 Å². The quantitative estimate of drug-likeness (QED) is 0.260. The first-order valence-corrected chi connectivity index (χ1v) is 6.60. The highest BCUT2D eigenvalue weighted by atomic mass is 16.5. The Labute approximate surface area is 132 Å². The lowest BCUT2D eigenvalue weighted by Gasteiger charge is -2.15. The third kappa shape index (κ3) is 5.65. The van der Waals surface area contributed by atoms with E-state index in [-0.39, 0.29) is 6.42 Å². The number of carbonyl (C=O) groups excluding carboxylic acids is 3. The van der Waals surface area contributed by atoms with Crippen LogP contribution in [0.5, 0.6) is 0 Å². The van der Waals surface area contributed by atoms with Gasteiger partial charge in [0, 0.05) is 5.69 Å². The van der Waals surface area contributed by atoms with E-state index in [1.807, 2.05) is 0 Å². The maximum atomic E-state index is 11.9. The van der Waals surface area contributed by atoms with Crippen LogP contribution in [0.15, 0.2) is 29.4 Å². The van der Waals surface area contributed by atoms with Crippen LogP contribution in [-0.4, -0.2) is 42.0 Å². The molecular formula is C14H18N4O5. The highest BCUT2D eigenvalue weighted by Crippen LogP contribution is 2.10. The third-order valence-corrected chi connectivity index (χ3v) is 2.91. The van der Waals surface area contributed by atoms with Crippen molar-refractivity contribution in [1.82, 2.24) is 5.32 Å². The Balaban J connectivity index is 2.70. The molecule has 1 rings (SSSR count). The number of primary amides is 1. The summed E-state index contributed by atoms with van der Waals surface area (Å²) in [6, 6.07) is 4.61. The maximum Gasteiger partial charge on any atom is 0.328 e. The zero-order chi connectivity index (χ0) is 17.4. The van der Waals surface area contributed by atoms with Crippen LogP contribution >= 0.6 is 0 Å². The van der Waals surface area contributed by atoms with Crippen LogP contribution in [-0.2, 0) is 14.3 Å². The van der Waals surface area contributed by atoms with Crippen molar-refractivity contribution >= 4 is 29.3 Å². The number of nitrogens with zero attached hydrogens (tertiary/aromatic N) is 1. The molecule has 0 spiro atoms. The Morgan fingerprint density at radius 1 is 1.30 bits per heavy atom. The molecule has 124 valence electrons. The van der Waals surface area contributed by atoms with Gasteiger partial charge < -0.3 is 26.3 Å². The lowest BCUT2D eigenvalue weighted by molar-refractivity contribution is -0.144. The van der Waals surface area contributed by atoms with Crippen LogP contribution in [0, 0.1) is 0 Å². The molecule has 1 aromatic carbocycles. The summed E-state index contributed by atoms with van der Waals surface area (Å²) in [4.78, 5) is 34.2. The average molecular weight is 322 g/mol. The fourth-order valence-electron chi connectivity index (χ4n) is 1.71. The predicted molar refractivity (Wildman–Crippen MR) is 82.2 cm³/mol. The van der Waals surface area contributed by atoms with Crippen LogP contribution < -0.4 is 16.4 Å². The minimum atomic E-state index is -1.17. The second-order valence-corrected chi connectivity index (χ2v) is 4.61. The van der Waals surface area contributed by atoms with Crippen LogP contribution in [0.4, 0.5) is 10.5 Å². The molecule has 0 aliphatic rings. The summed E-state index contributed by atoms with van der Waals surface area (Å²) in [6.45, 7) is 1.62. The zero-order valence-electron chi connectivity index (χ0n) is 12.7. The Morgan fingerprint density at radius 2 is 1.91 bits per heavy atom. The van der Waals surface area contributed by atoms with Crippen LogP contribution in [0.2, 0.25) is 0 Å². The molecule has 0 heterocycles. The van der Waals surface area contributed by atoms with E-state index >= 15 is 0 Å². The Hall–Kier alpha value is -3.10. The van der Waals surface area contributed by atoms with Crippen molar-refractivity contribution in [2.75, 3.05) is 12.4 Å². The summed E-state index contributed by atoms with van der Waals surface area (Å²) in [5, 5.41) is 16.5. The molecule has 0 aliphatic carbocycles. The highest BCUT2D eigenvalue weighted by molar-refractivity contribution is 5.99. The van der Waals surface area contributed by atoms with E-state index in [4.69, 9.17) is 10.9 Å².